The summed E-state index contributed by atoms with van der Waals surface area (Å²) >= 11 is 1.50. The third kappa shape index (κ3) is 4.38. The highest BCUT2D eigenvalue weighted by Gasteiger charge is 2.43. The van der Waals surface area contributed by atoms with Crippen molar-refractivity contribution < 1.29 is 23.9 Å². The van der Waals surface area contributed by atoms with Crippen LogP contribution in [-0.4, -0.2) is 59.3 Å². The molecule has 0 saturated heterocycles. The van der Waals surface area contributed by atoms with E-state index in [-0.39, 0.29) is 29.5 Å². The van der Waals surface area contributed by atoms with Crippen molar-refractivity contribution in [3.8, 4) is 0 Å². The van der Waals surface area contributed by atoms with Crippen LogP contribution >= 0.6 is 11.8 Å². The maximum atomic E-state index is 12.7. The van der Waals surface area contributed by atoms with E-state index in [1.54, 1.807) is 24.3 Å². The lowest BCUT2D eigenvalue weighted by Crippen LogP contribution is -2.47. The number of carbonyl (C=O) groups is 4. The fourth-order valence-electron chi connectivity index (χ4n) is 3.65. The van der Waals surface area contributed by atoms with Crippen molar-refractivity contribution in [1.29, 1.82) is 0 Å². The molecule has 3 rings (SSSR count). The van der Waals surface area contributed by atoms with E-state index in [1.165, 1.54) is 11.8 Å². The molecule has 0 spiro atoms. The standard InChI is InChI=1S/C20H24N2O5S/c1-28-11-10-16(20(26)27-12-17(23)21-13-6-2-3-7-13)22-18(24)14-8-4-5-9-15(14)19(22)25/h4-5,8-9,13,16H,2-3,6-7,10-12H2,1H3,(H,21,23)/t16-/m1/s1. The molecular weight excluding hydrogens is 380 g/mol. The fraction of sp³-hybridized carbons (Fsp3) is 0.500. The van der Waals surface area contributed by atoms with Crippen molar-refractivity contribution in [2.24, 2.45) is 0 Å². The average Bonchev–Trinajstić information content (AvgIpc) is 3.29. The van der Waals surface area contributed by atoms with Gasteiger partial charge in [-0.25, -0.2) is 4.79 Å². The Kier molecular flexibility index (Phi) is 6.72. The number of ether oxygens (including phenoxy) is 1. The zero-order chi connectivity index (χ0) is 20.1. The van der Waals surface area contributed by atoms with Crippen molar-refractivity contribution in [2.75, 3.05) is 18.6 Å². The maximum Gasteiger partial charge on any atom is 0.329 e. The fourth-order valence-corrected chi connectivity index (χ4v) is 4.10. The molecule has 0 unspecified atom stereocenters. The lowest BCUT2D eigenvalue weighted by Gasteiger charge is -2.24. The molecule has 1 heterocycles. The van der Waals surface area contributed by atoms with Crippen LogP contribution in [0.15, 0.2) is 24.3 Å². The predicted molar refractivity (Wildman–Crippen MR) is 105 cm³/mol. The monoisotopic (exact) mass is 404 g/mol. The number of hydrogen-bond acceptors (Lipinski definition) is 6. The minimum absolute atomic E-state index is 0.134. The quantitative estimate of drug-likeness (QED) is 0.526. The lowest BCUT2D eigenvalue weighted by atomic mass is 10.1. The first-order chi connectivity index (χ1) is 13.5. The third-order valence-corrected chi connectivity index (χ3v) is 5.71. The van der Waals surface area contributed by atoms with Crippen LogP contribution in [0, 0.1) is 0 Å². The second-order valence-corrected chi connectivity index (χ2v) is 7.97. The molecule has 0 radical (unpaired) electrons. The number of carbonyl (C=O) groups excluding carboxylic acids is 4. The van der Waals surface area contributed by atoms with E-state index in [9.17, 15) is 19.2 Å². The number of nitrogens with zero attached hydrogens (tertiary/aromatic N) is 1. The predicted octanol–water partition coefficient (Wildman–Crippen LogP) is 2.01. The Morgan fingerprint density at radius 1 is 1.18 bits per heavy atom. The van der Waals surface area contributed by atoms with Gasteiger partial charge in [-0.3, -0.25) is 19.3 Å². The number of fused-ring (bicyclic) bond motifs is 1. The topological polar surface area (TPSA) is 92.8 Å². The first-order valence-electron chi connectivity index (χ1n) is 9.44. The summed E-state index contributed by atoms with van der Waals surface area (Å²) in [7, 11) is 0. The average molecular weight is 404 g/mol. The van der Waals surface area contributed by atoms with Crippen LogP contribution in [0.5, 0.6) is 0 Å². The molecule has 0 bridgehead atoms. The molecule has 8 heteroatoms. The third-order valence-electron chi connectivity index (χ3n) is 5.07. The van der Waals surface area contributed by atoms with Gasteiger partial charge in [0.25, 0.3) is 17.7 Å². The van der Waals surface area contributed by atoms with Crippen LogP contribution in [0.1, 0.15) is 52.8 Å². The van der Waals surface area contributed by atoms with E-state index < -0.39 is 30.4 Å². The molecule has 1 fully saturated rings. The van der Waals surface area contributed by atoms with Crippen LogP contribution < -0.4 is 5.32 Å². The summed E-state index contributed by atoms with van der Waals surface area (Å²) in [6.07, 6.45) is 6.19. The number of esters is 1. The summed E-state index contributed by atoms with van der Waals surface area (Å²) in [6, 6.07) is 5.59. The number of nitrogens with one attached hydrogen (secondary N) is 1. The number of rotatable bonds is 8. The molecule has 1 saturated carbocycles. The zero-order valence-electron chi connectivity index (χ0n) is 15.8. The summed E-state index contributed by atoms with van der Waals surface area (Å²) in [5.74, 6) is -1.52. The van der Waals surface area contributed by atoms with Gasteiger partial charge in [-0.05, 0) is 43.4 Å². The molecule has 1 aliphatic heterocycles. The smallest absolute Gasteiger partial charge is 0.329 e. The van der Waals surface area contributed by atoms with Gasteiger partial charge in [0.05, 0.1) is 11.1 Å². The maximum absolute atomic E-state index is 12.7. The van der Waals surface area contributed by atoms with Crippen LogP contribution in [-0.2, 0) is 14.3 Å². The lowest BCUT2D eigenvalue weighted by molar-refractivity contribution is -0.152. The van der Waals surface area contributed by atoms with Gasteiger partial charge in [-0.2, -0.15) is 11.8 Å². The van der Waals surface area contributed by atoms with Gasteiger partial charge in [0.15, 0.2) is 6.61 Å². The van der Waals surface area contributed by atoms with E-state index in [1.807, 2.05) is 6.26 Å². The van der Waals surface area contributed by atoms with Gasteiger partial charge >= 0.3 is 5.97 Å². The van der Waals surface area contributed by atoms with E-state index in [2.05, 4.69) is 5.32 Å². The number of thioether (sulfide) groups is 1. The van der Waals surface area contributed by atoms with Crippen molar-refractivity contribution in [2.45, 2.75) is 44.2 Å². The molecule has 2 aliphatic rings. The van der Waals surface area contributed by atoms with Crippen molar-refractivity contribution >= 4 is 35.5 Å². The first-order valence-corrected chi connectivity index (χ1v) is 10.8. The highest BCUT2D eigenvalue weighted by Crippen LogP contribution is 2.26. The minimum atomic E-state index is -1.04. The number of benzene rings is 1. The second-order valence-electron chi connectivity index (χ2n) is 6.98. The Labute approximate surface area is 168 Å². The van der Waals surface area contributed by atoms with Crippen LogP contribution in [0.4, 0.5) is 0 Å². The molecule has 7 nitrogen and oxygen atoms in total. The Hall–Kier alpha value is -2.35. The largest absolute Gasteiger partial charge is 0.454 e. The number of imide groups is 1. The number of hydrogen-bond donors (Lipinski definition) is 1. The summed E-state index contributed by atoms with van der Waals surface area (Å²) in [4.78, 5) is 51.1. The Morgan fingerprint density at radius 3 is 2.36 bits per heavy atom. The first kappa shape index (κ1) is 20.4. The molecule has 1 atom stereocenters. The van der Waals surface area contributed by atoms with Gasteiger partial charge in [0, 0.05) is 6.04 Å². The number of amides is 3. The van der Waals surface area contributed by atoms with Crippen LogP contribution in [0.3, 0.4) is 0 Å². The molecule has 28 heavy (non-hydrogen) atoms. The molecule has 1 aromatic rings. The minimum Gasteiger partial charge on any atom is -0.454 e. The van der Waals surface area contributed by atoms with Crippen molar-refractivity contribution in [1.82, 2.24) is 10.2 Å². The van der Waals surface area contributed by atoms with Gasteiger partial charge in [0.2, 0.25) is 0 Å². The summed E-state index contributed by atoms with van der Waals surface area (Å²) in [5.41, 5.74) is 0.571. The van der Waals surface area contributed by atoms with Crippen LogP contribution in [0.25, 0.3) is 0 Å². The van der Waals surface area contributed by atoms with Crippen molar-refractivity contribution in [3.05, 3.63) is 35.4 Å². The summed E-state index contributed by atoms with van der Waals surface area (Å²) in [5, 5.41) is 2.85. The normalized spacial score (nSPS) is 17.5. The highest BCUT2D eigenvalue weighted by atomic mass is 32.2. The zero-order valence-corrected chi connectivity index (χ0v) is 16.6. The summed E-state index contributed by atoms with van der Waals surface area (Å²) in [6.45, 7) is -0.408. The molecule has 3 amide bonds. The van der Waals surface area contributed by atoms with E-state index >= 15 is 0 Å². The Morgan fingerprint density at radius 2 is 1.79 bits per heavy atom. The summed E-state index contributed by atoms with van der Waals surface area (Å²) < 4.78 is 5.17. The van der Waals surface area contributed by atoms with E-state index in [0.29, 0.717) is 5.75 Å². The SMILES string of the molecule is CSCC[C@H](C(=O)OCC(=O)NC1CCCC1)N1C(=O)c2ccccc2C1=O. The highest BCUT2D eigenvalue weighted by molar-refractivity contribution is 7.98. The van der Waals surface area contributed by atoms with Gasteiger partial charge < -0.3 is 10.1 Å². The molecule has 1 N–H and O–H groups in total. The molecule has 1 aromatic carbocycles. The Bertz CT molecular complexity index is 741. The van der Waals surface area contributed by atoms with Gasteiger partial charge in [-0.15, -0.1) is 0 Å². The molecular formula is C20H24N2O5S. The van der Waals surface area contributed by atoms with E-state index in [0.717, 1.165) is 30.6 Å². The molecule has 0 aromatic heterocycles. The van der Waals surface area contributed by atoms with Crippen LogP contribution in [0.2, 0.25) is 0 Å². The van der Waals surface area contributed by atoms with E-state index in [4.69, 9.17) is 4.74 Å². The molecule has 1 aliphatic carbocycles. The Balaban J connectivity index is 1.66. The second kappa shape index (κ2) is 9.23. The molecule has 150 valence electrons. The van der Waals surface area contributed by atoms with Crippen molar-refractivity contribution in [3.63, 3.8) is 0 Å². The van der Waals surface area contributed by atoms with Gasteiger partial charge in [0.1, 0.15) is 6.04 Å². The van der Waals surface area contributed by atoms with Gasteiger partial charge in [-0.1, -0.05) is 25.0 Å².